The molecule has 1 amide bonds. The second-order valence-corrected chi connectivity index (χ2v) is 4.03. The van der Waals surface area contributed by atoms with Crippen molar-refractivity contribution in [2.45, 2.75) is 18.9 Å². The average Bonchev–Trinajstić information content (AvgIpc) is 2.30. The van der Waals surface area contributed by atoms with Gasteiger partial charge in [0.1, 0.15) is 11.9 Å². The maximum atomic E-state index is 10.6. The van der Waals surface area contributed by atoms with Gasteiger partial charge in [0.15, 0.2) is 0 Å². The van der Waals surface area contributed by atoms with E-state index in [1.807, 2.05) is 12.1 Å². The average molecular weight is 236 g/mol. The molecule has 4 N–H and O–H groups in total. The van der Waals surface area contributed by atoms with Crippen molar-refractivity contribution in [3.63, 3.8) is 0 Å². The van der Waals surface area contributed by atoms with Crippen LogP contribution in [-0.2, 0) is 4.74 Å². The molecular formula is C11H16N4O2. The molecule has 0 spiro atoms. The van der Waals surface area contributed by atoms with E-state index in [1.165, 1.54) is 0 Å². The molecule has 1 aromatic heterocycles. The number of rotatable bonds is 2. The molecule has 0 aliphatic carbocycles. The van der Waals surface area contributed by atoms with E-state index in [-0.39, 0.29) is 6.10 Å². The summed E-state index contributed by atoms with van der Waals surface area (Å²) in [6.07, 6.45) is 2.40. The number of anilines is 2. The highest BCUT2D eigenvalue weighted by Crippen LogP contribution is 2.24. The van der Waals surface area contributed by atoms with Crippen LogP contribution in [0, 0.1) is 0 Å². The summed E-state index contributed by atoms with van der Waals surface area (Å²) in [5.74, 6) is 0.529. The Labute approximate surface area is 99.5 Å². The Hall–Kier alpha value is -1.98. The fourth-order valence-corrected chi connectivity index (χ4v) is 2.06. The fourth-order valence-electron chi connectivity index (χ4n) is 2.06. The third-order valence-electron chi connectivity index (χ3n) is 2.88. The van der Waals surface area contributed by atoms with Crippen molar-refractivity contribution in [2.75, 3.05) is 23.7 Å². The van der Waals surface area contributed by atoms with Crippen molar-refractivity contribution in [2.24, 2.45) is 5.73 Å². The smallest absolute Gasteiger partial charge is 0.404 e. The number of aromatic nitrogens is 1. The molecule has 17 heavy (non-hydrogen) atoms. The van der Waals surface area contributed by atoms with Crippen molar-refractivity contribution in [3.8, 4) is 0 Å². The summed E-state index contributed by atoms with van der Waals surface area (Å²) in [6.45, 7) is 1.57. The molecule has 1 aliphatic rings. The number of ether oxygens (including phenoxy) is 1. The Morgan fingerprint density at radius 3 is 2.76 bits per heavy atom. The lowest BCUT2D eigenvalue weighted by Crippen LogP contribution is -2.39. The van der Waals surface area contributed by atoms with Crippen molar-refractivity contribution < 1.29 is 9.53 Å². The summed E-state index contributed by atoms with van der Waals surface area (Å²) in [5, 5.41) is 0. The Morgan fingerprint density at radius 2 is 2.18 bits per heavy atom. The van der Waals surface area contributed by atoms with Crippen LogP contribution in [0.15, 0.2) is 18.3 Å². The van der Waals surface area contributed by atoms with Crippen LogP contribution in [0.2, 0.25) is 0 Å². The quantitative estimate of drug-likeness (QED) is 0.789. The third-order valence-corrected chi connectivity index (χ3v) is 2.88. The number of hydrogen-bond acceptors (Lipinski definition) is 5. The molecule has 92 valence electrons. The van der Waals surface area contributed by atoms with Crippen LogP contribution < -0.4 is 16.4 Å². The first-order valence-corrected chi connectivity index (χ1v) is 5.58. The molecule has 1 aliphatic heterocycles. The molecule has 0 bridgehead atoms. The van der Waals surface area contributed by atoms with E-state index < -0.39 is 6.09 Å². The van der Waals surface area contributed by atoms with Gasteiger partial charge in [0, 0.05) is 32.1 Å². The molecule has 1 aromatic rings. The monoisotopic (exact) mass is 236 g/mol. The first-order valence-electron chi connectivity index (χ1n) is 5.58. The van der Waals surface area contributed by atoms with Gasteiger partial charge < -0.3 is 21.1 Å². The summed E-state index contributed by atoms with van der Waals surface area (Å²) in [4.78, 5) is 16.8. The number of primary amides is 1. The molecule has 1 fully saturated rings. The lowest BCUT2D eigenvalue weighted by atomic mass is 10.1. The van der Waals surface area contributed by atoms with Crippen molar-refractivity contribution in [1.29, 1.82) is 0 Å². The van der Waals surface area contributed by atoms with E-state index in [1.54, 1.807) is 6.20 Å². The summed E-state index contributed by atoms with van der Waals surface area (Å²) >= 11 is 0. The van der Waals surface area contributed by atoms with Crippen molar-refractivity contribution >= 4 is 17.6 Å². The molecular weight excluding hydrogens is 220 g/mol. The SMILES string of the molecule is NC(=O)OC1CCN(c2cccnc2N)CC1. The van der Waals surface area contributed by atoms with Gasteiger partial charge in [0.2, 0.25) is 0 Å². The molecule has 0 saturated carbocycles. The number of carbonyl (C=O) groups excluding carboxylic acids is 1. The van der Waals surface area contributed by atoms with E-state index in [9.17, 15) is 4.79 Å². The van der Waals surface area contributed by atoms with E-state index in [0.29, 0.717) is 5.82 Å². The number of pyridine rings is 1. The number of nitrogens with zero attached hydrogens (tertiary/aromatic N) is 2. The fraction of sp³-hybridized carbons (Fsp3) is 0.455. The number of amides is 1. The minimum absolute atomic E-state index is 0.0818. The summed E-state index contributed by atoms with van der Waals surface area (Å²) in [7, 11) is 0. The van der Waals surface area contributed by atoms with Crippen LogP contribution in [0.4, 0.5) is 16.3 Å². The number of nitrogens with two attached hydrogens (primary N) is 2. The molecule has 0 atom stereocenters. The zero-order valence-electron chi connectivity index (χ0n) is 9.50. The number of piperidine rings is 1. The molecule has 0 unspecified atom stereocenters. The predicted octanol–water partition coefficient (Wildman–Crippen LogP) is 0.728. The minimum atomic E-state index is -0.704. The molecule has 2 heterocycles. The van der Waals surface area contributed by atoms with Crippen LogP contribution in [-0.4, -0.2) is 30.3 Å². The van der Waals surface area contributed by atoms with E-state index in [0.717, 1.165) is 31.6 Å². The highest BCUT2D eigenvalue weighted by atomic mass is 16.6. The minimum Gasteiger partial charge on any atom is -0.446 e. The van der Waals surface area contributed by atoms with Crippen LogP contribution >= 0.6 is 0 Å². The first kappa shape index (κ1) is 11.5. The molecule has 0 aromatic carbocycles. The normalized spacial score (nSPS) is 16.8. The van der Waals surface area contributed by atoms with Gasteiger partial charge in [-0.25, -0.2) is 9.78 Å². The van der Waals surface area contributed by atoms with Gasteiger partial charge in [-0.15, -0.1) is 0 Å². The first-order chi connectivity index (χ1) is 8.16. The number of hydrogen-bond donors (Lipinski definition) is 2. The van der Waals surface area contributed by atoms with Gasteiger partial charge in [0.05, 0.1) is 5.69 Å². The van der Waals surface area contributed by atoms with Gasteiger partial charge in [-0.3, -0.25) is 0 Å². The summed E-state index contributed by atoms with van der Waals surface area (Å²) in [6, 6.07) is 3.80. The van der Waals surface area contributed by atoms with Gasteiger partial charge >= 0.3 is 6.09 Å². The largest absolute Gasteiger partial charge is 0.446 e. The molecule has 6 heteroatoms. The Balaban J connectivity index is 1.95. The van der Waals surface area contributed by atoms with Crippen LogP contribution in [0.3, 0.4) is 0 Å². The van der Waals surface area contributed by atoms with Gasteiger partial charge in [-0.2, -0.15) is 0 Å². The second-order valence-electron chi connectivity index (χ2n) is 4.03. The van der Waals surface area contributed by atoms with Crippen LogP contribution in [0.5, 0.6) is 0 Å². The van der Waals surface area contributed by atoms with Gasteiger partial charge in [0.25, 0.3) is 0 Å². The van der Waals surface area contributed by atoms with Crippen molar-refractivity contribution in [3.05, 3.63) is 18.3 Å². The highest BCUT2D eigenvalue weighted by Gasteiger charge is 2.22. The van der Waals surface area contributed by atoms with Crippen LogP contribution in [0.1, 0.15) is 12.8 Å². The zero-order chi connectivity index (χ0) is 12.3. The maximum absolute atomic E-state index is 10.6. The Kier molecular flexibility index (Phi) is 3.32. The zero-order valence-corrected chi connectivity index (χ0v) is 9.50. The topological polar surface area (TPSA) is 94.5 Å². The summed E-state index contributed by atoms with van der Waals surface area (Å²) in [5.41, 5.74) is 11.7. The molecule has 1 saturated heterocycles. The van der Waals surface area contributed by atoms with E-state index >= 15 is 0 Å². The third kappa shape index (κ3) is 2.77. The van der Waals surface area contributed by atoms with Crippen molar-refractivity contribution in [1.82, 2.24) is 4.98 Å². The molecule has 6 nitrogen and oxygen atoms in total. The predicted molar refractivity (Wildman–Crippen MR) is 64.6 cm³/mol. The number of carbonyl (C=O) groups is 1. The Morgan fingerprint density at radius 1 is 1.47 bits per heavy atom. The standard InChI is InChI=1S/C11H16N4O2/c12-10-9(2-1-5-14-10)15-6-3-8(4-7-15)17-11(13)16/h1-2,5,8H,3-4,6-7H2,(H2,12,14)(H2,13,16). The maximum Gasteiger partial charge on any atom is 0.404 e. The second kappa shape index (κ2) is 4.90. The number of nitrogen functional groups attached to an aromatic ring is 1. The summed E-state index contributed by atoms with van der Waals surface area (Å²) < 4.78 is 4.97. The highest BCUT2D eigenvalue weighted by molar-refractivity contribution is 5.65. The van der Waals surface area contributed by atoms with E-state index in [4.69, 9.17) is 16.2 Å². The Bertz CT molecular complexity index is 402. The van der Waals surface area contributed by atoms with Gasteiger partial charge in [-0.05, 0) is 12.1 Å². The molecule has 2 rings (SSSR count). The molecule has 0 radical (unpaired) electrons. The van der Waals surface area contributed by atoms with E-state index in [2.05, 4.69) is 9.88 Å². The van der Waals surface area contributed by atoms with Gasteiger partial charge in [-0.1, -0.05) is 0 Å². The lowest BCUT2D eigenvalue weighted by molar-refractivity contribution is 0.0912. The lowest BCUT2D eigenvalue weighted by Gasteiger charge is -2.33. The van der Waals surface area contributed by atoms with Crippen LogP contribution in [0.25, 0.3) is 0 Å².